The van der Waals surface area contributed by atoms with Crippen molar-refractivity contribution in [2.24, 2.45) is 5.73 Å². The number of aromatic nitrogens is 3. The highest BCUT2D eigenvalue weighted by Gasteiger charge is 2.12. The van der Waals surface area contributed by atoms with Crippen LogP contribution in [-0.2, 0) is 13.0 Å². The molecule has 0 aliphatic heterocycles. The molecule has 0 unspecified atom stereocenters. The van der Waals surface area contributed by atoms with E-state index in [2.05, 4.69) is 14.5 Å². The Morgan fingerprint density at radius 1 is 1.14 bits per heavy atom. The molecule has 0 spiro atoms. The lowest BCUT2D eigenvalue weighted by atomic mass is 10.0. The molecule has 142 valence electrons. The fraction of sp³-hybridized carbons (Fsp3) is 0.190. The van der Waals surface area contributed by atoms with Crippen molar-refractivity contribution >= 4 is 45.3 Å². The zero-order valence-electron chi connectivity index (χ0n) is 15.2. The van der Waals surface area contributed by atoms with Crippen molar-refractivity contribution < 1.29 is 4.79 Å². The van der Waals surface area contributed by atoms with Gasteiger partial charge in [0.15, 0.2) is 5.82 Å². The molecule has 2 aromatic carbocycles. The van der Waals surface area contributed by atoms with Crippen molar-refractivity contribution in [2.75, 3.05) is 5.73 Å². The minimum absolute atomic E-state index is 0.429. The zero-order valence-corrected chi connectivity index (χ0v) is 16.0. The number of benzene rings is 2. The smallest absolute Gasteiger partial charge is 0.248 e. The molecule has 0 aliphatic carbocycles. The Hall–Kier alpha value is -3.12. The van der Waals surface area contributed by atoms with Crippen LogP contribution in [0, 0.1) is 0 Å². The number of fused-ring (bicyclic) bond motifs is 3. The van der Waals surface area contributed by atoms with Crippen LogP contribution in [0.4, 0.5) is 5.82 Å². The number of nitrogens with two attached hydrogens (primary N) is 2. The number of pyridine rings is 1. The Kier molecular flexibility index (Phi) is 4.88. The number of aryl methyl sites for hydroxylation is 2. The number of para-hydroxylation sites is 1. The van der Waals surface area contributed by atoms with E-state index >= 15 is 0 Å². The normalized spacial score (nSPS) is 11.3. The first-order valence-electron chi connectivity index (χ1n) is 9.12. The van der Waals surface area contributed by atoms with Gasteiger partial charge in [-0.1, -0.05) is 29.8 Å². The summed E-state index contributed by atoms with van der Waals surface area (Å²) in [5.74, 6) is 0.0131. The highest BCUT2D eigenvalue weighted by atomic mass is 35.5. The molecule has 7 heteroatoms. The van der Waals surface area contributed by atoms with Crippen LogP contribution in [0.3, 0.4) is 0 Å². The molecule has 2 heterocycles. The van der Waals surface area contributed by atoms with E-state index in [1.54, 1.807) is 12.1 Å². The average molecular weight is 394 g/mol. The molecule has 4 N–H and O–H groups in total. The van der Waals surface area contributed by atoms with Gasteiger partial charge in [0.1, 0.15) is 5.52 Å². The SMILES string of the molecule is NC(=O)c1ccc(Cl)cc1CCCCn1cnc2c(N)nc3ccccc3c21. The Morgan fingerprint density at radius 2 is 1.96 bits per heavy atom. The van der Waals surface area contributed by atoms with Gasteiger partial charge in [-0.25, -0.2) is 9.97 Å². The largest absolute Gasteiger partial charge is 0.382 e. The minimum Gasteiger partial charge on any atom is -0.382 e. The zero-order chi connectivity index (χ0) is 19.7. The predicted octanol–water partition coefficient (Wildman–Crippen LogP) is 3.94. The lowest BCUT2D eigenvalue weighted by Gasteiger charge is -2.09. The summed E-state index contributed by atoms with van der Waals surface area (Å²) in [7, 11) is 0. The molecule has 0 aliphatic rings. The minimum atomic E-state index is -0.429. The summed E-state index contributed by atoms with van der Waals surface area (Å²) in [6.45, 7) is 0.788. The van der Waals surface area contributed by atoms with Crippen molar-refractivity contribution in [3.63, 3.8) is 0 Å². The van der Waals surface area contributed by atoms with Crippen LogP contribution in [0.2, 0.25) is 5.02 Å². The van der Waals surface area contributed by atoms with Gasteiger partial charge >= 0.3 is 0 Å². The number of hydrogen-bond donors (Lipinski definition) is 2. The van der Waals surface area contributed by atoms with Crippen molar-refractivity contribution in [1.82, 2.24) is 14.5 Å². The first kappa shape index (κ1) is 18.3. The number of rotatable bonds is 6. The molecule has 6 nitrogen and oxygen atoms in total. The van der Waals surface area contributed by atoms with Crippen LogP contribution in [0.1, 0.15) is 28.8 Å². The molecule has 4 aromatic rings. The number of carbonyl (C=O) groups excluding carboxylic acids is 1. The molecule has 0 fully saturated rings. The highest BCUT2D eigenvalue weighted by molar-refractivity contribution is 6.30. The first-order valence-corrected chi connectivity index (χ1v) is 9.49. The number of primary amides is 1. The van der Waals surface area contributed by atoms with E-state index in [0.717, 1.165) is 53.3 Å². The van der Waals surface area contributed by atoms with E-state index in [-0.39, 0.29) is 0 Å². The molecule has 0 bridgehead atoms. The topological polar surface area (TPSA) is 99.8 Å². The summed E-state index contributed by atoms with van der Waals surface area (Å²) in [4.78, 5) is 20.5. The van der Waals surface area contributed by atoms with Crippen molar-refractivity contribution in [3.8, 4) is 0 Å². The quantitative estimate of drug-likeness (QED) is 0.484. The number of carbonyl (C=O) groups is 1. The van der Waals surface area contributed by atoms with Crippen LogP contribution in [0.25, 0.3) is 21.9 Å². The number of nitrogen functional groups attached to an aromatic ring is 1. The Morgan fingerprint density at radius 3 is 2.79 bits per heavy atom. The third kappa shape index (κ3) is 3.39. The molecule has 28 heavy (non-hydrogen) atoms. The second kappa shape index (κ2) is 7.48. The summed E-state index contributed by atoms with van der Waals surface area (Å²) < 4.78 is 2.11. The molecule has 0 radical (unpaired) electrons. The van der Waals surface area contributed by atoms with E-state index in [1.807, 2.05) is 36.7 Å². The van der Waals surface area contributed by atoms with Gasteiger partial charge in [0, 0.05) is 22.5 Å². The van der Waals surface area contributed by atoms with E-state index in [0.29, 0.717) is 16.4 Å². The second-order valence-corrected chi connectivity index (χ2v) is 7.21. The lowest BCUT2D eigenvalue weighted by molar-refractivity contribution is 0.0999. The van der Waals surface area contributed by atoms with Crippen molar-refractivity contribution in [2.45, 2.75) is 25.8 Å². The number of unbranched alkanes of at least 4 members (excludes halogenated alkanes) is 1. The summed E-state index contributed by atoms with van der Waals surface area (Å²) in [5.41, 5.74) is 15.5. The van der Waals surface area contributed by atoms with Crippen molar-refractivity contribution in [1.29, 1.82) is 0 Å². The van der Waals surface area contributed by atoms with Gasteiger partial charge in [-0.2, -0.15) is 0 Å². The third-order valence-corrected chi connectivity index (χ3v) is 5.14. The number of imidazole rings is 1. The molecule has 2 aromatic heterocycles. The van der Waals surface area contributed by atoms with Gasteiger partial charge in [-0.05, 0) is 49.1 Å². The van der Waals surface area contributed by atoms with E-state index < -0.39 is 5.91 Å². The predicted molar refractivity (Wildman–Crippen MR) is 112 cm³/mol. The standard InChI is InChI=1S/C21H20ClN5O/c22-14-8-9-15(21(24)28)13(11-14)5-3-4-10-27-12-25-18-19(27)16-6-1-2-7-17(16)26-20(18)23/h1-2,6-9,11-12H,3-5,10H2,(H2,23,26)(H2,24,28). The molecular weight excluding hydrogens is 374 g/mol. The van der Waals surface area contributed by atoms with Gasteiger partial charge in [-0.15, -0.1) is 0 Å². The summed E-state index contributed by atoms with van der Waals surface area (Å²) in [5, 5.41) is 1.64. The number of hydrogen-bond acceptors (Lipinski definition) is 4. The van der Waals surface area contributed by atoms with Gasteiger partial charge in [0.25, 0.3) is 0 Å². The summed E-state index contributed by atoms with van der Waals surface area (Å²) in [6, 6.07) is 13.1. The van der Waals surface area contributed by atoms with Crippen LogP contribution >= 0.6 is 11.6 Å². The highest BCUT2D eigenvalue weighted by Crippen LogP contribution is 2.27. The molecule has 0 saturated heterocycles. The number of anilines is 1. The van der Waals surface area contributed by atoms with Gasteiger partial charge in [-0.3, -0.25) is 4.79 Å². The van der Waals surface area contributed by atoms with Crippen molar-refractivity contribution in [3.05, 3.63) is 64.9 Å². The third-order valence-electron chi connectivity index (χ3n) is 4.91. The van der Waals surface area contributed by atoms with Crippen LogP contribution in [0.5, 0.6) is 0 Å². The van der Waals surface area contributed by atoms with E-state index in [1.165, 1.54) is 0 Å². The monoisotopic (exact) mass is 393 g/mol. The summed E-state index contributed by atoms with van der Waals surface area (Å²) >= 11 is 6.07. The fourth-order valence-electron chi connectivity index (χ4n) is 3.58. The molecule has 1 amide bonds. The number of halogens is 1. The van der Waals surface area contributed by atoms with Crippen LogP contribution in [0.15, 0.2) is 48.8 Å². The maximum Gasteiger partial charge on any atom is 0.248 e. The molecule has 0 atom stereocenters. The first-order chi connectivity index (χ1) is 13.5. The van der Waals surface area contributed by atoms with Crippen LogP contribution in [-0.4, -0.2) is 20.4 Å². The maximum atomic E-state index is 11.6. The second-order valence-electron chi connectivity index (χ2n) is 6.77. The van der Waals surface area contributed by atoms with Gasteiger partial charge in [0.2, 0.25) is 5.91 Å². The molecule has 4 rings (SSSR count). The molecular formula is C21H20ClN5O. The lowest BCUT2D eigenvalue weighted by Crippen LogP contribution is -2.13. The van der Waals surface area contributed by atoms with Crippen LogP contribution < -0.4 is 11.5 Å². The Labute approximate surface area is 167 Å². The number of amides is 1. The summed E-state index contributed by atoms with van der Waals surface area (Å²) in [6.07, 6.45) is 4.34. The number of nitrogens with zero attached hydrogens (tertiary/aromatic N) is 3. The maximum absolute atomic E-state index is 11.6. The van der Waals surface area contributed by atoms with E-state index in [4.69, 9.17) is 23.1 Å². The molecule has 0 saturated carbocycles. The van der Waals surface area contributed by atoms with Gasteiger partial charge < -0.3 is 16.0 Å². The van der Waals surface area contributed by atoms with E-state index in [9.17, 15) is 4.79 Å². The van der Waals surface area contributed by atoms with Gasteiger partial charge in [0.05, 0.1) is 17.4 Å². The average Bonchev–Trinajstić information content (AvgIpc) is 3.10. The fourth-order valence-corrected chi connectivity index (χ4v) is 3.78. The Bertz CT molecular complexity index is 1180. The Balaban J connectivity index is 1.53.